The molecule has 2 nitrogen and oxygen atoms in total. The summed E-state index contributed by atoms with van der Waals surface area (Å²) in [6.07, 6.45) is 0.878. The third kappa shape index (κ3) is 4.73. The summed E-state index contributed by atoms with van der Waals surface area (Å²) in [4.78, 5) is 0. The Morgan fingerprint density at radius 3 is 2.81 bits per heavy atom. The van der Waals surface area contributed by atoms with Crippen LogP contribution in [0.4, 0.5) is 0 Å². The average Bonchev–Trinajstić information content (AvgIpc) is 2.31. The third-order valence-corrected chi connectivity index (χ3v) is 3.00. The number of benzene rings is 1. The van der Waals surface area contributed by atoms with E-state index in [0.717, 1.165) is 36.3 Å². The standard InChI is InChI=1S/C12H16BrClO2/c1-2-15-6-3-7-16-12-8-10(9-13)4-5-11(12)14/h4-5,8H,2-3,6-7,9H2,1H3. The van der Waals surface area contributed by atoms with E-state index in [1.54, 1.807) is 0 Å². The Hall–Kier alpha value is -0.250. The summed E-state index contributed by atoms with van der Waals surface area (Å²) in [5, 5.41) is 1.46. The van der Waals surface area contributed by atoms with Gasteiger partial charge in [-0.3, -0.25) is 0 Å². The molecule has 0 aliphatic rings. The fourth-order valence-corrected chi connectivity index (χ4v) is 1.75. The number of ether oxygens (including phenoxy) is 2. The molecule has 0 N–H and O–H groups in total. The van der Waals surface area contributed by atoms with Crippen LogP contribution < -0.4 is 4.74 Å². The summed E-state index contributed by atoms with van der Waals surface area (Å²) in [5.74, 6) is 0.745. The van der Waals surface area contributed by atoms with Gasteiger partial charge < -0.3 is 9.47 Å². The van der Waals surface area contributed by atoms with Gasteiger partial charge in [-0.15, -0.1) is 0 Å². The molecule has 0 atom stereocenters. The molecule has 0 amide bonds. The zero-order valence-corrected chi connectivity index (χ0v) is 11.7. The van der Waals surface area contributed by atoms with Crippen LogP contribution in [0, 0.1) is 0 Å². The molecule has 0 heterocycles. The van der Waals surface area contributed by atoms with Crippen molar-refractivity contribution in [3.8, 4) is 5.75 Å². The maximum atomic E-state index is 6.02. The molecule has 0 saturated heterocycles. The van der Waals surface area contributed by atoms with Crippen molar-refractivity contribution >= 4 is 27.5 Å². The largest absolute Gasteiger partial charge is 0.492 e. The molecule has 0 unspecified atom stereocenters. The molecular weight excluding hydrogens is 291 g/mol. The SMILES string of the molecule is CCOCCCOc1cc(CBr)ccc1Cl. The molecule has 16 heavy (non-hydrogen) atoms. The number of hydrogen-bond donors (Lipinski definition) is 0. The van der Waals surface area contributed by atoms with E-state index < -0.39 is 0 Å². The first-order chi connectivity index (χ1) is 7.77. The van der Waals surface area contributed by atoms with Crippen LogP contribution in [0.25, 0.3) is 0 Å². The van der Waals surface area contributed by atoms with E-state index in [-0.39, 0.29) is 0 Å². The molecule has 1 aromatic rings. The van der Waals surface area contributed by atoms with Gasteiger partial charge in [0.25, 0.3) is 0 Å². The van der Waals surface area contributed by atoms with Crippen LogP contribution in [0.2, 0.25) is 5.02 Å². The molecule has 0 fully saturated rings. The van der Waals surface area contributed by atoms with Crippen molar-refractivity contribution in [2.24, 2.45) is 0 Å². The number of alkyl halides is 1. The Morgan fingerprint density at radius 2 is 2.12 bits per heavy atom. The molecular formula is C12H16BrClO2. The number of halogens is 2. The maximum Gasteiger partial charge on any atom is 0.138 e. The minimum atomic E-state index is 0.630. The van der Waals surface area contributed by atoms with Crippen molar-refractivity contribution in [1.82, 2.24) is 0 Å². The Kier molecular flexibility index (Phi) is 6.85. The number of rotatable bonds is 7. The highest BCUT2D eigenvalue weighted by atomic mass is 79.9. The van der Waals surface area contributed by atoms with Crippen LogP contribution in [0.1, 0.15) is 18.9 Å². The lowest BCUT2D eigenvalue weighted by atomic mass is 10.2. The summed E-state index contributed by atoms with van der Waals surface area (Å²) >= 11 is 9.42. The van der Waals surface area contributed by atoms with E-state index in [9.17, 15) is 0 Å². The van der Waals surface area contributed by atoms with Gasteiger partial charge in [-0.1, -0.05) is 33.6 Å². The van der Waals surface area contributed by atoms with Crippen LogP contribution >= 0.6 is 27.5 Å². The van der Waals surface area contributed by atoms with Gasteiger partial charge in [0.05, 0.1) is 11.6 Å². The Balaban J connectivity index is 2.40. The quantitative estimate of drug-likeness (QED) is 0.559. The summed E-state index contributed by atoms with van der Waals surface area (Å²) in [7, 11) is 0. The lowest BCUT2D eigenvalue weighted by molar-refractivity contribution is 0.131. The fourth-order valence-electron chi connectivity index (χ4n) is 1.23. The zero-order valence-electron chi connectivity index (χ0n) is 9.34. The van der Waals surface area contributed by atoms with E-state index in [2.05, 4.69) is 15.9 Å². The molecule has 1 aromatic carbocycles. The van der Waals surface area contributed by atoms with E-state index in [4.69, 9.17) is 21.1 Å². The second kappa shape index (κ2) is 7.93. The van der Waals surface area contributed by atoms with Gasteiger partial charge in [0.2, 0.25) is 0 Å². The van der Waals surface area contributed by atoms with Crippen LogP contribution in [-0.4, -0.2) is 19.8 Å². The lowest BCUT2D eigenvalue weighted by Gasteiger charge is -2.09. The van der Waals surface area contributed by atoms with E-state index >= 15 is 0 Å². The van der Waals surface area contributed by atoms with Gasteiger partial charge in [-0.2, -0.15) is 0 Å². The van der Waals surface area contributed by atoms with Crippen molar-refractivity contribution in [3.63, 3.8) is 0 Å². The Labute approximate surface area is 110 Å². The van der Waals surface area contributed by atoms with Gasteiger partial charge >= 0.3 is 0 Å². The number of hydrogen-bond acceptors (Lipinski definition) is 2. The van der Waals surface area contributed by atoms with Gasteiger partial charge in [0.1, 0.15) is 5.75 Å². The molecule has 0 aliphatic heterocycles. The second-order valence-corrected chi connectivity index (χ2v) is 4.27. The van der Waals surface area contributed by atoms with Crippen molar-refractivity contribution in [2.45, 2.75) is 18.7 Å². The molecule has 0 saturated carbocycles. The summed E-state index contributed by atoms with van der Waals surface area (Å²) < 4.78 is 10.8. The highest BCUT2D eigenvalue weighted by Crippen LogP contribution is 2.26. The Morgan fingerprint density at radius 1 is 1.31 bits per heavy atom. The summed E-state index contributed by atoms with van der Waals surface area (Å²) in [5.41, 5.74) is 1.16. The highest BCUT2D eigenvalue weighted by molar-refractivity contribution is 9.08. The van der Waals surface area contributed by atoms with Gasteiger partial charge in [0.15, 0.2) is 0 Å². The van der Waals surface area contributed by atoms with E-state index in [0.29, 0.717) is 11.6 Å². The van der Waals surface area contributed by atoms with Gasteiger partial charge in [0, 0.05) is 25.0 Å². The molecule has 0 radical (unpaired) electrons. The van der Waals surface area contributed by atoms with Crippen molar-refractivity contribution in [1.29, 1.82) is 0 Å². The van der Waals surface area contributed by atoms with E-state index in [1.165, 1.54) is 0 Å². The molecule has 0 aliphatic carbocycles. The predicted molar refractivity (Wildman–Crippen MR) is 70.7 cm³/mol. The van der Waals surface area contributed by atoms with Crippen molar-refractivity contribution < 1.29 is 9.47 Å². The van der Waals surface area contributed by atoms with Crippen LogP contribution in [-0.2, 0) is 10.1 Å². The topological polar surface area (TPSA) is 18.5 Å². The van der Waals surface area contributed by atoms with Gasteiger partial charge in [-0.05, 0) is 24.6 Å². The molecule has 0 bridgehead atoms. The Bertz CT molecular complexity index is 318. The molecule has 4 heteroatoms. The van der Waals surface area contributed by atoms with Crippen molar-refractivity contribution in [3.05, 3.63) is 28.8 Å². The van der Waals surface area contributed by atoms with Crippen LogP contribution in [0.5, 0.6) is 5.75 Å². The highest BCUT2D eigenvalue weighted by Gasteiger charge is 2.02. The monoisotopic (exact) mass is 306 g/mol. The summed E-state index contributed by atoms with van der Waals surface area (Å²) in [6, 6.07) is 5.79. The summed E-state index contributed by atoms with van der Waals surface area (Å²) in [6.45, 7) is 4.09. The first kappa shape index (κ1) is 13.8. The zero-order chi connectivity index (χ0) is 11.8. The van der Waals surface area contributed by atoms with Gasteiger partial charge in [-0.25, -0.2) is 0 Å². The molecule has 0 spiro atoms. The van der Waals surface area contributed by atoms with Crippen molar-refractivity contribution in [2.75, 3.05) is 19.8 Å². The minimum absolute atomic E-state index is 0.630. The second-order valence-electron chi connectivity index (χ2n) is 3.30. The molecule has 90 valence electrons. The smallest absolute Gasteiger partial charge is 0.138 e. The lowest BCUT2D eigenvalue weighted by Crippen LogP contribution is -2.03. The average molecular weight is 308 g/mol. The van der Waals surface area contributed by atoms with Crippen LogP contribution in [0.15, 0.2) is 18.2 Å². The van der Waals surface area contributed by atoms with Crippen LogP contribution in [0.3, 0.4) is 0 Å². The third-order valence-electron chi connectivity index (χ3n) is 2.04. The fraction of sp³-hybridized carbons (Fsp3) is 0.500. The first-order valence-electron chi connectivity index (χ1n) is 5.33. The molecule has 0 aromatic heterocycles. The van der Waals surface area contributed by atoms with E-state index in [1.807, 2.05) is 25.1 Å². The normalized spacial score (nSPS) is 10.4. The maximum absolute atomic E-state index is 6.02. The first-order valence-corrected chi connectivity index (χ1v) is 6.82. The molecule has 1 rings (SSSR count). The minimum Gasteiger partial charge on any atom is -0.492 e. The predicted octanol–water partition coefficient (Wildman–Crippen LogP) is 4.04.